The second-order valence-corrected chi connectivity index (χ2v) is 4.58. The molecular formula is C14H21NO2. The third kappa shape index (κ3) is 2.79. The number of ether oxygens (including phenoxy) is 2. The molecule has 1 heterocycles. The molecule has 0 unspecified atom stereocenters. The summed E-state index contributed by atoms with van der Waals surface area (Å²) in [5, 5.41) is 0. The molecule has 94 valence electrons. The van der Waals surface area contributed by atoms with Gasteiger partial charge in [0.15, 0.2) is 6.29 Å². The van der Waals surface area contributed by atoms with Crippen LogP contribution in [0.5, 0.6) is 0 Å². The number of methoxy groups -OCH3 is 2. The summed E-state index contributed by atoms with van der Waals surface area (Å²) in [6.07, 6.45) is 2.23. The topological polar surface area (TPSA) is 21.7 Å². The quantitative estimate of drug-likeness (QED) is 0.748. The molecule has 0 spiro atoms. The summed E-state index contributed by atoms with van der Waals surface area (Å²) < 4.78 is 10.6. The van der Waals surface area contributed by atoms with Crippen LogP contribution in [0.1, 0.15) is 17.5 Å². The molecule has 3 heteroatoms. The second-order valence-electron chi connectivity index (χ2n) is 4.58. The van der Waals surface area contributed by atoms with Crippen molar-refractivity contribution in [2.45, 2.75) is 26.1 Å². The number of anilines is 1. The normalized spacial score (nSPS) is 15.2. The molecule has 0 atom stereocenters. The van der Waals surface area contributed by atoms with Crippen molar-refractivity contribution < 1.29 is 9.47 Å². The number of aryl methyl sites for hydroxylation is 2. The molecule has 1 aromatic rings. The van der Waals surface area contributed by atoms with E-state index < -0.39 is 0 Å². The minimum absolute atomic E-state index is 0.151. The highest BCUT2D eigenvalue weighted by Crippen LogP contribution is 2.28. The molecule has 0 aliphatic carbocycles. The predicted octanol–water partition coefficient (Wildman–Crippen LogP) is 2.37. The first-order chi connectivity index (χ1) is 8.24. The molecule has 0 amide bonds. The molecular weight excluding hydrogens is 214 g/mol. The van der Waals surface area contributed by atoms with Gasteiger partial charge in [0.2, 0.25) is 0 Å². The van der Waals surface area contributed by atoms with Gasteiger partial charge in [-0.15, -0.1) is 0 Å². The summed E-state index contributed by atoms with van der Waals surface area (Å²) in [6.45, 7) is 4.02. The summed E-state index contributed by atoms with van der Waals surface area (Å²) in [5.74, 6) is 0. The van der Waals surface area contributed by atoms with Gasteiger partial charge in [0.1, 0.15) is 0 Å². The van der Waals surface area contributed by atoms with Gasteiger partial charge in [-0.05, 0) is 31.4 Å². The molecule has 17 heavy (non-hydrogen) atoms. The van der Waals surface area contributed by atoms with Crippen molar-refractivity contribution in [3.8, 4) is 0 Å². The van der Waals surface area contributed by atoms with Crippen LogP contribution in [-0.4, -0.2) is 33.6 Å². The van der Waals surface area contributed by atoms with Crippen LogP contribution in [0.4, 0.5) is 5.69 Å². The van der Waals surface area contributed by atoms with Crippen molar-refractivity contribution in [1.82, 2.24) is 0 Å². The fourth-order valence-corrected chi connectivity index (χ4v) is 2.42. The van der Waals surface area contributed by atoms with Crippen molar-refractivity contribution in [2.24, 2.45) is 0 Å². The second kappa shape index (κ2) is 5.52. The molecule has 3 nitrogen and oxygen atoms in total. The Bertz CT molecular complexity index is 374. The largest absolute Gasteiger partial charge is 0.366 e. The number of hydrogen-bond donors (Lipinski definition) is 0. The van der Waals surface area contributed by atoms with Crippen LogP contribution < -0.4 is 4.90 Å². The number of fused-ring (bicyclic) bond motifs is 1. The van der Waals surface area contributed by atoms with E-state index in [1.54, 1.807) is 14.2 Å². The van der Waals surface area contributed by atoms with Gasteiger partial charge >= 0.3 is 0 Å². The van der Waals surface area contributed by atoms with Crippen LogP contribution in [0, 0.1) is 6.92 Å². The zero-order valence-corrected chi connectivity index (χ0v) is 10.9. The maximum Gasteiger partial charge on any atom is 0.174 e. The first-order valence-corrected chi connectivity index (χ1v) is 6.14. The number of rotatable bonds is 4. The summed E-state index contributed by atoms with van der Waals surface area (Å²) in [4.78, 5) is 2.36. The lowest BCUT2D eigenvalue weighted by Crippen LogP contribution is -2.37. The van der Waals surface area contributed by atoms with Gasteiger partial charge in [-0.1, -0.05) is 17.7 Å². The maximum atomic E-state index is 5.28. The van der Waals surface area contributed by atoms with E-state index in [-0.39, 0.29) is 6.29 Å². The highest BCUT2D eigenvalue weighted by molar-refractivity contribution is 5.56. The molecule has 0 saturated heterocycles. The van der Waals surface area contributed by atoms with Gasteiger partial charge in [-0.2, -0.15) is 0 Å². The molecule has 0 aromatic heterocycles. The zero-order valence-electron chi connectivity index (χ0n) is 10.9. The number of benzene rings is 1. The molecule has 1 aliphatic heterocycles. The standard InChI is InChI=1S/C14H21NO2/c1-11-6-7-13-12(9-11)5-4-8-15(13)10-14(16-2)17-3/h6-7,9,14H,4-5,8,10H2,1-3H3. The van der Waals surface area contributed by atoms with E-state index in [0.717, 1.165) is 13.1 Å². The third-order valence-electron chi connectivity index (χ3n) is 3.35. The van der Waals surface area contributed by atoms with Crippen molar-refractivity contribution in [3.63, 3.8) is 0 Å². The van der Waals surface area contributed by atoms with E-state index in [0.29, 0.717) is 0 Å². The first-order valence-electron chi connectivity index (χ1n) is 6.14. The van der Waals surface area contributed by atoms with Crippen LogP contribution in [0.2, 0.25) is 0 Å². The maximum absolute atomic E-state index is 5.28. The van der Waals surface area contributed by atoms with Gasteiger partial charge < -0.3 is 14.4 Å². The Morgan fingerprint density at radius 1 is 1.29 bits per heavy atom. The molecule has 0 bridgehead atoms. The molecule has 2 rings (SSSR count). The SMILES string of the molecule is COC(CN1CCCc2cc(C)ccc21)OC. The minimum atomic E-state index is -0.151. The van der Waals surface area contributed by atoms with E-state index in [2.05, 4.69) is 30.0 Å². The van der Waals surface area contributed by atoms with Gasteiger partial charge in [-0.3, -0.25) is 0 Å². The van der Waals surface area contributed by atoms with Crippen LogP contribution in [0.15, 0.2) is 18.2 Å². The highest BCUT2D eigenvalue weighted by atomic mass is 16.7. The van der Waals surface area contributed by atoms with Crippen LogP contribution in [-0.2, 0) is 15.9 Å². The van der Waals surface area contributed by atoms with Crippen molar-refractivity contribution in [2.75, 3.05) is 32.2 Å². The van der Waals surface area contributed by atoms with Gasteiger partial charge in [0.05, 0.1) is 6.54 Å². The molecule has 0 saturated carbocycles. The summed E-state index contributed by atoms with van der Waals surface area (Å²) in [6, 6.07) is 6.67. The Balaban J connectivity index is 2.16. The van der Waals surface area contributed by atoms with E-state index in [4.69, 9.17) is 9.47 Å². The smallest absolute Gasteiger partial charge is 0.174 e. The Morgan fingerprint density at radius 3 is 2.76 bits per heavy atom. The van der Waals surface area contributed by atoms with E-state index in [1.807, 2.05) is 0 Å². The minimum Gasteiger partial charge on any atom is -0.366 e. The lowest BCUT2D eigenvalue weighted by molar-refractivity contribution is -0.0950. The van der Waals surface area contributed by atoms with Gasteiger partial charge in [0, 0.05) is 26.5 Å². The molecule has 0 fully saturated rings. The average molecular weight is 235 g/mol. The van der Waals surface area contributed by atoms with Gasteiger partial charge in [0.25, 0.3) is 0 Å². The van der Waals surface area contributed by atoms with Crippen molar-refractivity contribution in [3.05, 3.63) is 29.3 Å². The predicted molar refractivity (Wildman–Crippen MR) is 69.5 cm³/mol. The summed E-state index contributed by atoms with van der Waals surface area (Å²) >= 11 is 0. The lowest BCUT2D eigenvalue weighted by atomic mass is 9.99. The summed E-state index contributed by atoms with van der Waals surface area (Å²) in [5.41, 5.74) is 4.11. The van der Waals surface area contributed by atoms with Gasteiger partial charge in [-0.25, -0.2) is 0 Å². The Morgan fingerprint density at radius 2 is 2.06 bits per heavy atom. The van der Waals surface area contributed by atoms with E-state index >= 15 is 0 Å². The van der Waals surface area contributed by atoms with Crippen molar-refractivity contribution >= 4 is 5.69 Å². The highest BCUT2D eigenvalue weighted by Gasteiger charge is 2.19. The van der Waals surface area contributed by atoms with Crippen LogP contribution in [0.3, 0.4) is 0 Å². The Labute approximate surface area is 103 Å². The third-order valence-corrected chi connectivity index (χ3v) is 3.35. The summed E-state index contributed by atoms with van der Waals surface area (Å²) in [7, 11) is 3.38. The number of nitrogens with zero attached hydrogens (tertiary/aromatic N) is 1. The number of hydrogen-bond acceptors (Lipinski definition) is 3. The van der Waals surface area contributed by atoms with Crippen LogP contribution >= 0.6 is 0 Å². The van der Waals surface area contributed by atoms with Crippen LogP contribution in [0.25, 0.3) is 0 Å². The van der Waals surface area contributed by atoms with E-state index in [9.17, 15) is 0 Å². The molecule has 1 aliphatic rings. The lowest BCUT2D eigenvalue weighted by Gasteiger charge is -2.33. The van der Waals surface area contributed by atoms with Crippen molar-refractivity contribution in [1.29, 1.82) is 0 Å². The first kappa shape index (κ1) is 12.4. The average Bonchev–Trinajstić information content (AvgIpc) is 2.35. The molecule has 1 aromatic carbocycles. The van der Waals surface area contributed by atoms with E-state index in [1.165, 1.54) is 29.7 Å². The Hall–Kier alpha value is -1.06. The monoisotopic (exact) mass is 235 g/mol. The zero-order chi connectivity index (χ0) is 12.3. The molecule has 0 N–H and O–H groups in total. The fraction of sp³-hybridized carbons (Fsp3) is 0.571. The Kier molecular flexibility index (Phi) is 4.02. The fourth-order valence-electron chi connectivity index (χ4n) is 2.42. The molecule has 0 radical (unpaired) electrons.